The Morgan fingerprint density at radius 3 is 1.04 bits per heavy atom. The normalized spacial score (nSPS) is 14.7. The number of amides is 4. The maximum atomic E-state index is 13.5. The second-order valence-electron chi connectivity index (χ2n) is 12.0. The van der Waals surface area contributed by atoms with E-state index in [0.717, 1.165) is 34.1 Å². The highest BCUT2D eigenvalue weighted by Gasteiger charge is 2.36. The van der Waals surface area contributed by atoms with E-state index in [9.17, 15) is 45.1 Å². The largest absolute Gasteiger partial charge is 0.295 e. The Kier molecular flexibility index (Phi) is 7.34. The standard InChI is InChI=1S/C38H22N2O10S2/c41-35-27-9-1-5-23-6-2-10-28(33(23)27)36(42)39(35)25-17-15-21(31(19-25)51(45,46)47)13-14-22-16-18-26(20-32(22)52(48,49)50)40-37(43)29-11-3-7-24-8-4-12-30(34(24)29)38(40)44/h1-20H,(H,45,46,47)(H,48,49,50)/b14-13+. The number of anilines is 2. The van der Waals surface area contributed by atoms with Gasteiger partial charge in [-0.3, -0.25) is 28.3 Å². The van der Waals surface area contributed by atoms with Gasteiger partial charge in [0.05, 0.1) is 11.4 Å². The van der Waals surface area contributed by atoms with E-state index >= 15 is 0 Å². The topological polar surface area (TPSA) is 183 Å². The van der Waals surface area contributed by atoms with E-state index in [0.29, 0.717) is 21.5 Å². The van der Waals surface area contributed by atoms with Crippen LogP contribution in [0.1, 0.15) is 52.6 Å². The molecule has 4 amide bonds. The van der Waals surface area contributed by atoms with Crippen molar-refractivity contribution in [3.8, 4) is 0 Å². The molecular formula is C38H22N2O10S2. The summed E-state index contributed by atoms with van der Waals surface area (Å²) in [6, 6.07) is 26.7. The van der Waals surface area contributed by atoms with Crippen molar-refractivity contribution in [1.29, 1.82) is 0 Å². The molecule has 2 aliphatic rings. The molecule has 0 aromatic heterocycles. The molecule has 6 aromatic rings. The smallest absolute Gasteiger partial charge is 0.282 e. The summed E-state index contributed by atoms with van der Waals surface area (Å²) in [7, 11) is -9.99. The molecule has 0 unspecified atom stereocenters. The average Bonchev–Trinajstić information content (AvgIpc) is 3.11. The highest BCUT2D eigenvalue weighted by molar-refractivity contribution is 7.86. The summed E-state index contributed by atoms with van der Waals surface area (Å²) in [6.45, 7) is 0. The van der Waals surface area contributed by atoms with E-state index in [-0.39, 0.29) is 44.8 Å². The summed E-state index contributed by atoms with van der Waals surface area (Å²) in [5.41, 5.74) is 0.260. The molecule has 0 fully saturated rings. The zero-order chi connectivity index (χ0) is 36.7. The Morgan fingerprint density at radius 2 is 0.750 bits per heavy atom. The van der Waals surface area contributed by atoms with Gasteiger partial charge in [-0.2, -0.15) is 16.8 Å². The van der Waals surface area contributed by atoms with E-state index < -0.39 is 53.7 Å². The van der Waals surface area contributed by atoms with Crippen LogP contribution >= 0.6 is 0 Å². The first-order valence-electron chi connectivity index (χ1n) is 15.5. The van der Waals surface area contributed by atoms with Gasteiger partial charge in [-0.15, -0.1) is 0 Å². The van der Waals surface area contributed by atoms with Crippen molar-refractivity contribution < 1.29 is 45.1 Å². The van der Waals surface area contributed by atoms with Gasteiger partial charge in [-0.1, -0.05) is 72.8 Å². The van der Waals surface area contributed by atoms with Gasteiger partial charge in [0.25, 0.3) is 43.9 Å². The number of rotatable bonds is 6. The van der Waals surface area contributed by atoms with Crippen LogP contribution in [-0.4, -0.2) is 49.6 Å². The van der Waals surface area contributed by atoms with E-state index in [1.165, 1.54) is 24.3 Å². The number of carbonyl (C=O) groups is 4. The first kappa shape index (κ1) is 32.9. The van der Waals surface area contributed by atoms with E-state index in [4.69, 9.17) is 0 Å². The minimum absolute atomic E-state index is 0.151. The molecule has 14 heteroatoms. The third-order valence-corrected chi connectivity index (χ3v) is 10.9. The summed E-state index contributed by atoms with van der Waals surface area (Å²) in [5.74, 6) is -2.82. The third kappa shape index (κ3) is 5.12. The predicted octanol–water partition coefficient (Wildman–Crippen LogP) is 6.26. The zero-order valence-corrected chi connectivity index (χ0v) is 28.1. The van der Waals surface area contributed by atoms with Crippen LogP contribution in [0.25, 0.3) is 33.7 Å². The summed E-state index contributed by atoms with van der Waals surface area (Å²) in [6.07, 6.45) is 2.28. The molecular weight excluding hydrogens is 709 g/mol. The third-order valence-electron chi connectivity index (χ3n) is 9.05. The first-order chi connectivity index (χ1) is 24.7. The molecule has 0 aliphatic carbocycles. The summed E-state index contributed by atoms with van der Waals surface area (Å²) in [5, 5.41) is 2.26. The Hall–Kier alpha value is -6.32. The monoisotopic (exact) mass is 730 g/mol. The van der Waals surface area contributed by atoms with Crippen LogP contribution in [0.4, 0.5) is 11.4 Å². The number of nitrogens with zero attached hydrogens (tertiary/aromatic N) is 2. The Bertz CT molecular complexity index is 2600. The van der Waals surface area contributed by atoms with Gasteiger partial charge in [-0.25, -0.2) is 9.80 Å². The molecule has 256 valence electrons. The lowest BCUT2D eigenvalue weighted by atomic mass is 9.93. The van der Waals surface area contributed by atoms with Crippen molar-refractivity contribution in [2.45, 2.75) is 9.79 Å². The van der Waals surface area contributed by atoms with Gasteiger partial charge in [-0.05, 0) is 70.4 Å². The van der Waals surface area contributed by atoms with Crippen molar-refractivity contribution in [3.05, 3.63) is 143 Å². The van der Waals surface area contributed by atoms with Crippen molar-refractivity contribution >= 4 is 88.9 Å². The highest BCUT2D eigenvalue weighted by Crippen LogP contribution is 2.37. The number of carbonyl (C=O) groups excluding carboxylic acids is 4. The predicted molar refractivity (Wildman–Crippen MR) is 192 cm³/mol. The quantitative estimate of drug-likeness (QED) is 0.113. The Labute approximate surface area is 295 Å². The molecule has 0 spiro atoms. The van der Waals surface area contributed by atoms with Crippen LogP contribution in [0.3, 0.4) is 0 Å². The molecule has 0 saturated carbocycles. The molecule has 2 aliphatic heterocycles. The molecule has 0 atom stereocenters. The van der Waals surface area contributed by atoms with Crippen LogP contribution in [0.2, 0.25) is 0 Å². The molecule has 52 heavy (non-hydrogen) atoms. The fourth-order valence-electron chi connectivity index (χ4n) is 6.76. The van der Waals surface area contributed by atoms with Crippen LogP contribution in [-0.2, 0) is 20.2 Å². The van der Waals surface area contributed by atoms with Crippen molar-refractivity contribution in [2.75, 3.05) is 9.80 Å². The van der Waals surface area contributed by atoms with Crippen LogP contribution in [0.15, 0.2) is 119 Å². The lowest BCUT2D eigenvalue weighted by molar-refractivity contribution is 0.0877. The number of hydrogen-bond donors (Lipinski definition) is 2. The van der Waals surface area contributed by atoms with E-state index in [1.54, 1.807) is 72.8 Å². The van der Waals surface area contributed by atoms with Crippen molar-refractivity contribution in [1.82, 2.24) is 0 Å². The minimum atomic E-state index is -5.00. The molecule has 8 rings (SSSR count). The number of imide groups is 2. The van der Waals surface area contributed by atoms with Crippen molar-refractivity contribution in [2.24, 2.45) is 0 Å². The molecule has 2 heterocycles. The summed E-state index contributed by atoms with van der Waals surface area (Å²) < 4.78 is 70.8. The van der Waals surface area contributed by atoms with E-state index in [2.05, 4.69) is 0 Å². The molecule has 12 nitrogen and oxygen atoms in total. The van der Waals surface area contributed by atoms with Crippen LogP contribution < -0.4 is 9.80 Å². The lowest BCUT2D eigenvalue weighted by Gasteiger charge is -2.27. The molecule has 6 aromatic carbocycles. The lowest BCUT2D eigenvalue weighted by Crippen LogP contribution is -2.40. The Morgan fingerprint density at radius 1 is 0.442 bits per heavy atom. The van der Waals surface area contributed by atoms with Gasteiger partial charge < -0.3 is 0 Å². The zero-order valence-electron chi connectivity index (χ0n) is 26.4. The second kappa shape index (κ2) is 11.6. The maximum Gasteiger partial charge on any atom is 0.295 e. The fourth-order valence-corrected chi connectivity index (χ4v) is 8.16. The molecule has 0 bridgehead atoms. The van der Waals surface area contributed by atoms with Crippen LogP contribution in [0.5, 0.6) is 0 Å². The van der Waals surface area contributed by atoms with Gasteiger partial charge in [0.2, 0.25) is 0 Å². The summed E-state index contributed by atoms with van der Waals surface area (Å²) >= 11 is 0. The Balaban J connectivity index is 1.18. The SMILES string of the molecule is O=C1c2cccc3cccc(c23)C(=O)N1c1ccc(/C=C/c2ccc(N3C(=O)c4cccc5cccc(c45)C3=O)cc2S(=O)(=O)O)c(S(=O)(=O)O)c1. The number of benzene rings is 6. The van der Waals surface area contributed by atoms with Crippen LogP contribution in [0, 0.1) is 0 Å². The van der Waals surface area contributed by atoms with Gasteiger partial charge >= 0.3 is 0 Å². The second-order valence-corrected chi connectivity index (χ2v) is 14.8. The van der Waals surface area contributed by atoms with Gasteiger partial charge in [0.15, 0.2) is 0 Å². The highest BCUT2D eigenvalue weighted by atomic mass is 32.2. The van der Waals surface area contributed by atoms with Gasteiger partial charge in [0.1, 0.15) is 9.79 Å². The molecule has 2 N–H and O–H groups in total. The van der Waals surface area contributed by atoms with E-state index in [1.807, 2.05) is 0 Å². The first-order valence-corrected chi connectivity index (χ1v) is 18.3. The fraction of sp³-hybridized carbons (Fsp3) is 0. The minimum Gasteiger partial charge on any atom is -0.282 e. The maximum absolute atomic E-state index is 13.5. The average molecular weight is 731 g/mol. The summed E-state index contributed by atoms with van der Waals surface area (Å²) in [4.78, 5) is 54.4. The van der Waals surface area contributed by atoms with Gasteiger partial charge in [0, 0.05) is 33.0 Å². The molecule has 0 saturated heterocycles. The molecule has 0 radical (unpaired) electrons. The van der Waals surface area contributed by atoms with Crippen molar-refractivity contribution in [3.63, 3.8) is 0 Å². The number of hydrogen-bond acceptors (Lipinski definition) is 8.